The molecular formula is C25H23NO5. The summed E-state index contributed by atoms with van der Waals surface area (Å²) in [6.07, 6.45) is 0. The third-order valence-electron chi connectivity index (χ3n) is 5.46. The number of hydrogen-bond donors (Lipinski definition) is 0. The molecule has 0 aliphatic rings. The highest BCUT2D eigenvalue weighted by Gasteiger charge is 2.37. The zero-order valence-corrected chi connectivity index (χ0v) is 18.1. The van der Waals surface area contributed by atoms with Crippen LogP contribution in [0.15, 0.2) is 48.5 Å². The van der Waals surface area contributed by atoms with Crippen LogP contribution in [0.2, 0.25) is 0 Å². The predicted octanol–water partition coefficient (Wildman–Crippen LogP) is 5.05. The van der Waals surface area contributed by atoms with E-state index in [2.05, 4.69) is 0 Å². The average molecular weight is 417 g/mol. The number of hydrogen-bond acceptors (Lipinski definition) is 5. The van der Waals surface area contributed by atoms with E-state index >= 15 is 0 Å². The standard InChI is InChI=1S/C25H23NO5/c1-25(2,3)22(27)21-19(24(29)31-5)18(23(28)30-4)20-16-12-7-6-10-14(16)15-11-8-9-13-17(15)26(20)21/h6-13H,1-5H3. The van der Waals surface area contributed by atoms with Crippen molar-refractivity contribution in [2.75, 3.05) is 14.2 Å². The second-order valence-corrected chi connectivity index (χ2v) is 8.41. The number of para-hydroxylation sites is 1. The van der Waals surface area contributed by atoms with Crippen molar-refractivity contribution in [1.29, 1.82) is 0 Å². The maximum atomic E-state index is 13.6. The Hall–Kier alpha value is -3.67. The van der Waals surface area contributed by atoms with Gasteiger partial charge in [0.2, 0.25) is 0 Å². The number of ether oxygens (including phenoxy) is 2. The summed E-state index contributed by atoms with van der Waals surface area (Å²) in [5, 5.41) is 2.54. The Morgan fingerprint density at radius 1 is 0.742 bits per heavy atom. The van der Waals surface area contributed by atoms with E-state index in [1.807, 2.05) is 48.5 Å². The third-order valence-corrected chi connectivity index (χ3v) is 5.46. The van der Waals surface area contributed by atoms with E-state index in [4.69, 9.17) is 9.47 Å². The zero-order valence-electron chi connectivity index (χ0n) is 18.1. The lowest BCUT2D eigenvalue weighted by atomic mass is 9.87. The van der Waals surface area contributed by atoms with Crippen LogP contribution >= 0.6 is 0 Å². The number of esters is 2. The fraction of sp³-hybridized carbons (Fsp3) is 0.240. The summed E-state index contributed by atoms with van der Waals surface area (Å²) in [4.78, 5) is 39.6. The number of fused-ring (bicyclic) bond motifs is 6. The number of nitrogens with zero attached hydrogens (tertiary/aromatic N) is 1. The molecule has 2 aromatic carbocycles. The Kier molecular flexibility index (Phi) is 4.81. The molecule has 0 unspecified atom stereocenters. The summed E-state index contributed by atoms with van der Waals surface area (Å²) in [6, 6.07) is 15.2. The molecule has 0 fully saturated rings. The Morgan fingerprint density at radius 2 is 1.26 bits per heavy atom. The molecule has 0 aliphatic carbocycles. The fourth-order valence-electron chi connectivity index (χ4n) is 4.06. The molecular weight excluding hydrogens is 394 g/mol. The van der Waals surface area contributed by atoms with Crippen LogP contribution in [-0.4, -0.2) is 36.3 Å². The number of rotatable bonds is 3. The minimum atomic E-state index is -0.808. The zero-order chi connectivity index (χ0) is 22.5. The maximum Gasteiger partial charge on any atom is 0.341 e. The topological polar surface area (TPSA) is 74.1 Å². The lowest BCUT2D eigenvalue weighted by Gasteiger charge is -2.19. The highest BCUT2D eigenvalue weighted by Crippen LogP contribution is 2.38. The second-order valence-electron chi connectivity index (χ2n) is 8.41. The summed E-state index contributed by atoms with van der Waals surface area (Å²) in [5.41, 5.74) is 0.437. The molecule has 0 atom stereocenters. The molecule has 0 aliphatic heterocycles. The van der Waals surface area contributed by atoms with Crippen LogP contribution in [0.5, 0.6) is 0 Å². The number of aromatic nitrogens is 1. The third kappa shape index (κ3) is 2.98. The molecule has 31 heavy (non-hydrogen) atoms. The minimum Gasteiger partial charge on any atom is -0.465 e. The van der Waals surface area contributed by atoms with Gasteiger partial charge < -0.3 is 13.9 Å². The van der Waals surface area contributed by atoms with Crippen molar-refractivity contribution in [3.05, 3.63) is 65.4 Å². The van der Waals surface area contributed by atoms with Gasteiger partial charge in [0.25, 0.3) is 0 Å². The van der Waals surface area contributed by atoms with E-state index in [-0.39, 0.29) is 22.6 Å². The van der Waals surface area contributed by atoms with Gasteiger partial charge in [-0.05, 0) is 11.5 Å². The highest BCUT2D eigenvalue weighted by atomic mass is 16.5. The summed E-state index contributed by atoms with van der Waals surface area (Å²) in [7, 11) is 2.48. The molecule has 158 valence electrons. The summed E-state index contributed by atoms with van der Waals surface area (Å²) in [5.74, 6) is -1.74. The van der Waals surface area contributed by atoms with Crippen molar-refractivity contribution >= 4 is 44.9 Å². The van der Waals surface area contributed by atoms with Crippen LogP contribution in [0.25, 0.3) is 27.2 Å². The molecule has 0 spiro atoms. The van der Waals surface area contributed by atoms with Gasteiger partial charge in [-0.15, -0.1) is 0 Å². The molecule has 0 N–H and O–H groups in total. The van der Waals surface area contributed by atoms with E-state index in [9.17, 15) is 14.4 Å². The average Bonchev–Trinajstić information content (AvgIpc) is 3.13. The Labute approximate surface area is 179 Å². The molecule has 6 nitrogen and oxygen atoms in total. The van der Waals surface area contributed by atoms with E-state index in [0.717, 1.165) is 16.2 Å². The lowest BCUT2D eigenvalue weighted by molar-refractivity contribution is 0.0555. The number of benzene rings is 2. The Balaban J connectivity index is 2.42. The smallest absolute Gasteiger partial charge is 0.341 e. The first-order valence-corrected chi connectivity index (χ1v) is 9.91. The van der Waals surface area contributed by atoms with Gasteiger partial charge in [-0.2, -0.15) is 0 Å². The quantitative estimate of drug-likeness (QED) is 0.265. The summed E-state index contributed by atoms with van der Waals surface area (Å²) < 4.78 is 11.8. The van der Waals surface area contributed by atoms with Crippen molar-refractivity contribution in [3.8, 4) is 0 Å². The maximum absolute atomic E-state index is 13.6. The molecule has 0 radical (unpaired) electrons. The van der Waals surface area contributed by atoms with Gasteiger partial charge in [0.1, 0.15) is 16.8 Å². The van der Waals surface area contributed by atoms with Crippen LogP contribution in [-0.2, 0) is 9.47 Å². The molecule has 0 saturated carbocycles. The largest absolute Gasteiger partial charge is 0.465 e. The number of ketones is 1. The number of carbonyl (C=O) groups excluding carboxylic acids is 3. The predicted molar refractivity (Wildman–Crippen MR) is 119 cm³/mol. The molecule has 0 bridgehead atoms. The van der Waals surface area contributed by atoms with Crippen LogP contribution in [0.3, 0.4) is 0 Å². The van der Waals surface area contributed by atoms with Gasteiger partial charge in [-0.3, -0.25) is 4.79 Å². The van der Waals surface area contributed by atoms with Gasteiger partial charge >= 0.3 is 11.9 Å². The van der Waals surface area contributed by atoms with Crippen molar-refractivity contribution in [3.63, 3.8) is 0 Å². The van der Waals surface area contributed by atoms with Crippen molar-refractivity contribution in [2.24, 2.45) is 5.41 Å². The first kappa shape index (κ1) is 20.6. The molecule has 4 rings (SSSR count). The molecule has 4 aromatic rings. The molecule has 0 saturated heterocycles. The molecule has 2 heterocycles. The summed E-state index contributed by atoms with van der Waals surface area (Å²) in [6.45, 7) is 5.32. The van der Waals surface area contributed by atoms with E-state index in [0.29, 0.717) is 11.0 Å². The SMILES string of the molecule is COC(=O)c1c(C(=O)OC)c2c3ccccc3c3ccccc3n2c1C(=O)C(C)(C)C. The minimum absolute atomic E-state index is 0.0314. The fourth-order valence-corrected chi connectivity index (χ4v) is 4.06. The van der Waals surface area contributed by atoms with Gasteiger partial charge in [0.15, 0.2) is 5.78 Å². The summed E-state index contributed by atoms with van der Waals surface area (Å²) >= 11 is 0. The first-order valence-electron chi connectivity index (χ1n) is 9.91. The van der Waals surface area contributed by atoms with Gasteiger partial charge in [0, 0.05) is 16.2 Å². The molecule has 2 aromatic heterocycles. The van der Waals surface area contributed by atoms with Crippen LogP contribution in [0.1, 0.15) is 52.0 Å². The highest BCUT2D eigenvalue weighted by molar-refractivity contribution is 6.24. The number of methoxy groups -OCH3 is 2. The van der Waals surface area contributed by atoms with Crippen LogP contribution in [0.4, 0.5) is 0 Å². The van der Waals surface area contributed by atoms with E-state index in [1.54, 1.807) is 25.2 Å². The number of pyridine rings is 1. The normalized spacial score (nSPS) is 11.8. The monoisotopic (exact) mass is 417 g/mol. The van der Waals surface area contributed by atoms with Crippen LogP contribution in [0, 0.1) is 5.41 Å². The lowest BCUT2D eigenvalue weighted by Crippen LogP contribution is -2.25. The molecule has 0 amide bonds. The number of Topliss-reactive ketones (excluding diaryl/α,β-unsaturated/α-hetero) is 1. The first-order chi connectivity index (χ1) is 14.7. The number of carbonyl (C=O) groups is 3. The van der Waals surface area contributed by atoms with Gasteiger partial charge in [-0.25, -0.2) is 9.59 Å². The molecule has 6 heteroatoms. The van der Waals surface area contributed by atoms with Gasteiger partial charge in [0.05, 0.1) is 25.3 Å². The van der Waals surface area contributed by atoms with E-state index < -0.39 is 17.4 Å². The van der Waals surface area contributed by atoms with Crippen LogP contribution < -0.4 is 0 Å². The van der Waals surface area contributed by atoms with Crippen molar-refractivity contribution < 1.29 is 23.9 Å². The Bertz CT molecular complexity index is 1390. The van der Waals surface area contributed by atoms with Crippen molar-refractivity contribution in [1.82, 2.24) is 4.40 Å². The van der Waals surface area contributed by atoms with Crippen molar-refractivity contribution in [2.45, 2.75) is 20.8 Å². The van der Waals surface area contributed by atoms with Gasteiger partial charge in [-0.1, -0.05) is 63.2 Å². The Morgan fingerprint density at radius 3 is 1.84 bits per heavy atom. The van der Waals surface area contributed by atoms with E-state index in [1.165, 1.54) is 14.2 Å². The second kappa shape index (κ2) is 7.23.